The van der Waals surface area contributed by atoms with Crippen molar-refractivity contribution in [3.05, 3.63) is 79.6 Å². The van der Waals surface area contributed by atoms with Crippen molar-refractivity contribution < 1.29 is 14.3 Å². The van der Waals surface area contributed by atoms with Gasteiger partial charge in [0.05, 0.1) is 17.8 Å². The van der Waals surface area contributed by atoms with Gasteiger partial charge in [-0.25, -0.2) is 9.97 Å². The Morgan fingerprint density at radius 3 is 2.76 bits per heavy atom. The zero-order valence-electron chi connectivity index (χ0n) is 15.5. The summed E-state index contributed by atoms with van der Waals surface area (Å²) in [6, 6.07) is 9.16. The molecule has 0 bridgehead atoms. The Bertz CT molecular complexity index is 1190. The zero-order chi connectivity index (χ0) is 20.2. The zero-order valence-corrected chi connectivity index (χ0v) is 17.2. The molecule has 0 unspecified atom stereocenters. The van der Waals surface area contributed by atoms with Crippen LogP contribution in [0.5, 0.6) is 5.75 Å². The first-order valence-electron chi connectivity index (χ1n) is 8.81. The Balaban J connectivity index is 1.29. The molecule has 1 aromatic carbocycles. The molecule has 9 heteroatoms. The average molecular weight is 428 g/mol. The molecule has 4 aromatic rings. The second-order valence-corrected chi connectivity index (χ2v) is 8.13. The Morgan fingerprint density at radius 2 is 1.93 bits per heavy atom. The van der Waals surface area contributed by atoms with Gasteiger partial charge in [0.2, 0.25) is 0 Å². The van der Waals surface area contributed by atoms with E-state index in [2.05, 4.69) is 9.97 Å². The van der Waals surface area contributed by atoms with Gasteiger partial charge >= 0.3 is 5.97 Å². The van der Waals surface area contributed by atoms with Gasteiger partial charge in [-0.3, -0.25) is 14.0 Å². The minimum Gasteiger partial charge on any atom is -0.486 e. The summed E-state index contributed by atoms with van der Waals surface area (Å²) < 4.78 is 12.4. The number of hydrogen-bond donors (Lipinski definition) is 0. The van der Waals surface area contributed by atoms with E-state index in [0.717, 1.165) is 10.8 Å². The molecule has 4 rings (SSSR count). The van der Waals surface area contributed by atoms with Crippen molar-refractivity contribution in [3.8, 4) is 5.75 Å². The number of hydrogen-bond acceptors (Lipinski definition) is 8. The quantitative estimate of drug-likeness (QED) is 0.421. The van der Waals surface area contributed by atoms with Crippen molar-refractivity contribution in [1.29, 1.82) is 0 Å². The van der Waals surface area contributed by atoms with Crippen LogP contribution >= 0.6 is 22.7 Å². The molecule has 3 aromatic heterocycles. The highest BCUT2D eigenvalue weighted by atomic mass is 32.1. The molecule has 148 valence electrons. The fraction of sp³-hybridized carbons (Fsp3) is 0.200. The second kappa shape index (κ2) is 8.54. The Morgan fingerprint density at radius 1 is 1.10 bits per heavy atom. The lowest BCUT2D eigenvalue weighted by Gasteiger charge is -2.04. The van der Waals surface area contributed by atoms with Crippen LogP contribution in [-0.2, 0) is 29.2 Å². The Hall–Kier alpha value is -3.04. The van der Waals surface area contributed by atoms with Crippen LogP contribution in [0.4, 0.5) is 0 Å². The van der Waals surface area contributed by atoms with Crippen molar-refractivity contribution in [1.82, 2.24) is 14.4 Å². The maximum Gasteiger partial charge on any atom is 0.312 e. The van der Waals surface area contributed by atoms with Gasteiger partial charge in [0.1, 0.15) is 24.0 Å². The largest absolute Gasteiger partial charge is 0.486 e. The number of aromatic nitrogens is 3. The van der Waals surface area contributed by atoms with Gasteiger partial charge in [0, 0.05) is 23.0 Å². The van der Waals surface area contributed by atoms with Crippen molar-refractivity contribution in [2.24, 2.45) is 0 Å². The normalized spacial score (nSPS) is 10.9. The van der Waals surface area contributed by atoms with Gasteiger partial charge in [-0.15, -0.1) is 22.7 Å². The second-order valence-electron chi connectivity index (χ2n) is 6.31. The molecule has 0 amide bonds. The van der Waals surface area contributed by atoms with Crippen LogP contribution in [-0.4, -0.2) is 20.3 Å². The topological polar surface area (TPSA) is 82.8 Å². The molecule has 0 aliphatic heterocycles. The van der Waals surface area contributed by atoms with E-state index in [1.165, 1.54) is 38.7 Å². The maximum absolute atomic E-state index is 12.1. The van der Waals surface area contributed by atoms with Crippen LogP contribution in [0.25, 0.3) is 4.96 Å². The average Bonchev–Trinajstić information content (AvgIpc) is 3.35. The monoisotopic (exact) mass is 427 g/mol. The number of rotatable bonds is 7. The van der Waals surface area contributed by atoms with E-state index in [4.69, 9.17) is 9.47 Å². The predicted molar refractivity (Wildman–Crippen MR) is 110 cm³/mol. The molecule has 0 spiro atoms. The van der Waals surface area contributed by atoms with Crippen molar-refractivity contribution >= 4 is 33.6 Å². The smallest absolute Gasteiger partial charge is 0.312 e. The molecule has 29 heavy (non-hydrogen) atoms. The fourth-order valence-corrected chi connectivity index (χ4v) is 4.03. The summed E-state index contributed by atoms with van der Waals surface area (Å²) in [6.45, 7) is 2.32. The number of esters is 1. The number of ether oxygens (including phenoxy) is 2. The first kappa shape index (κ1) is 19.3. The number of fused-ring (bicyclic) bond motifs is 1. The molecule has 0 aliphatic carbocycles. The molecule has 0 saturated heterocycles. The summed E-state index contributed by atoms with van der Waals surface area (Å²) in [5, 5.41) is 4.38. The van der Waals surface area contributed by atoms with Gasteiger partial charge in [-0.05, 0) is 19.1 Å². The molecule has 3 heterocycles. The molecular weight excluding hydrogens is 410 g/mol. The minimum atomic E-state index is -0.422. The van der Waals surface area contributed by atoms with Gasteiger partial charge < -0.3 is 9.47 Å². The van der Waals surface area contributed by atoms with E-state index < -0.39 is 5.97 Å². The molecule has 0 saturated carbocycles. The van der Waals surface area contributed by atoms with Crippen molar-refractivity contribution in [3.63, 3.8) is 0 Å². The van der Waals surface area contributed by atoms with Crippen molar-refractivity contribution in [2.45, 2.75) is 26.6 Å². The minimum absolute atomic E-state index is 0.0456. The summed E-state index contributed by atoms with van der Waals surface area (Å²) in [4.78, 5) is 33.3. The van der Waals surface area contributed by atoms with Crippen LogP contribution in [0, 0.1) is 6.92 Å². The molecule has 0 atom stereocenters. The van der Waals surface area contributed by atoms with Crippen LogP contribution in [0.3, 0.4) is 0 Å². The molecule has 0 N–H and O–H groups in total. The number of carbonyl (C=O) groups excluding carboxylic acids is 1. The Labute approximate surface area is 174 Å². The third-order valence-electron chi connectivity index (χ3n) is 4.05. The van der Waals surface area contributed by atoms with Gasteiger partial charge in [-0.1, -0.05) is 17.7 Å². The standard InChI is InChI=1S/C20H17N3O4S2/c1-13-2-4-16(5-3-13)26-11-17-21-15(12-29-17)9-19(25)27-10-14-8-18(24)23-6-7-28-20(23)22-14/h2-8,12H,9-11H2,1H3. The molecule has 0 fully saturated rings. The van der Waals surface area contributed by atoms with E-state index in [1.54, 1.807) is 11.6 Å². The third-order valence-corrected chi connectivity index (χ3v) is 5.67. The van der Waals surface area contributed by atoms with Crippen LogP contribution in [0.1, 0.15) is 22.0 Å². The lowest BCUT2D eigenvalue weighted by atomic mass is 10.2. The SMILES string of the molecule is Cc1ccc(OCc2nc(CC(=O)OCc3cc(=O)n4ccsc4n3)cs2)cc1. The van der Waals surface area contributed by atoms with Gasteiger partial charge in [0.25, 0.3) is 5.56 Å². The highest BCUT2D eigenvalue weighted by molar-refractivity contribution is 7.15. The number of aryl methyl sites for hydroxylation is 1. The maximum atomic E-state index is 12.1. The van der Waals surface area contributed by atoms with Crippen molar-refractivity contribution in [2.75, 3.05) is 0 Å². The number of carbonyl (C=O) groups is 1. The predicted octanol–water partition coefficient (Wildman–Crippen LogP) is 3.39. The molecular formula is C20H17N3O4S2. The van der Waals surface area contributed by atoms with Gasteiger partial charge in [-0.2, -0.15) is 0 Å². The lowest BCUT2D eigenvalue weighted by molar-refractivity contribution is -0.144. The van der Waals surface area contributed by atoms with E-state index in [1.807, 2.05) is 36.6 Å². The summed E-state index contributed by atoms with van der Waals surface area (Å²) in [5.74, 6) is 0.354. The van der Waals surface area contributed by atoms with Gasteiger partial charge in [0.15, 0.2) is 4.96 Å². The number of benzene rings is 1. The van der Waals surface area contributed by atoms with E-state index in [0.29, 0.717) is 23.0 Å². The summed E-state index contributed by atoms with van der Waals surface area (Å²) in [6.07, 6.45) is 1.72. The van der Waals surface area contributed by atoms with Crippen LogP contribution in [0.2, 0.25) is 0 Å². The summed E-state index contributed by atoms with van der Waals surface area (Å²) in [5.41, 5.74) is 2.03. The third kappa shape index (κ3) is 4.87. The first-order chi connectivity index (χ1) is 14.1. The highest BCUT2D eigenvalue weighted by Crippen LogP contribution is 2.16. The lowest BCUT2D eigenvalue weighted by Crippen LogP contribution is -2.15. The van der Waals surface area contributed by atoms with E-state index in [-0.39, 0.29) is 18.6 Å². The number of thiazole rings is 2. The molecule has 7 nitrogen and oxygen atoms in total. The Kier molecular flexibility index (Phi) is 5.68. The van der Waals surface area contributed by atoms with E-state index >= 15 is 0 Å². The fourth-order valence-electron chi connectivity index (χ4n) is 2.59. The number of nitrogens with zero attached hydrogens (tertiary/aromatic N) is 3. The highest BCUT2D eigenvalue weighted by Gasteiger charge is 2.11. The molecule has 0 radical (unpaired) electrons. The first-order valence-corrected chi connectivity index (χ1v) is 10.6. The van der Waals surface area contributed by atoms with E-state index in [9.17, 15) is 9.59 Å². The summed E-state index contributed by atoms with van der Waals surface area (Å²) >= 11 is 2.78. The van der Waals surface area contributed by atoms with Crippen LogP contribution in [0.15, 0.2) is 52.1 Å². The van der Waals surface area contributed by atoms with Crippen LogP contribution < -0.4 is 10.3 Å². The molecule has 0 aliphatic rings. The summed E-state index contributed by atoms with van der Waals surface area (Å²) in [7, 11) is 0.